The lowest BCUT2D eigenvalue weighted by atomic mass is 10.1. The summed E-state index contributed by atoms with van der Waals surface area (Å²) in [6.07, 6.45) is 1.55. The van der Waals surface area contributed by atoms with Crippen LogP contribution in [0.1, 0.15) is 40.5 Å². The minimum atomic E-state index is -4.50. The Morgan fingerprint density at radius 2 is 1.93 bits per heavy atom. The van der Waals surface area contributed by atoms with Gasteiger partial charge in [-0.1, -0.05) is 30.7 Å². The molecule has 0 bridgehead atoms. The first-order chi connectivity index (χ1) is 12.6. The number of hydrogen-bond donors (Lipinski definition) is 1. The summed E-state index contributed by atoms with van der Waals surface area (Å²) in [5.41, 5.74) is 0.689. The molecular formula is C19H26F3N3OS. The molecule has 0 aromatic heterocycles. The molecule has 2 N–H and O–H groups in total. The van der Waals surface area contributed by atoms with Crippen LogP contribution in [0, 0.1) is 0 Å². The third-order valence-electron chi connectivity index (χ3n) is 3.95. The zero-order valence-corrected chi connectivity index (χ0v) is 16.8. The Morgan fingerprint density at radius 3 is 2.37 bits per heavy atom. The maximum atomic E-state index is 13.2. The first-order valence-corrected chi connectivity index (χ1v) is 9.81. The van der Waals surface area contributed by atoms with E-state index in [1.54, 1.807) is 19.1 Å². The molecule has 8 heteroatoms. The van der Waals surface area contributed by atoms with E-state index in [1.165, 1.54) is 24.1 Å². The molecule has 0 aliphatic carbocycles. The molecule has 0 heterocycles. The molecule has 1 aromatic rings. The van der Waals surface area contributed by atoms with E-state index in [2.05, 4.69) is 5.10 Å². The minimum absolute atomic E-state index is 0.231. The lowest BCUT2D eigenvalue weighted by molar-refractivity contribution is -0.0605. The number of anilines is 1. The predicted octanol–water partition coefficient (Wildman–Crippen LogP) is 5.10. The zero-order valence-electron chi connectivity index (χ0n) is 16.0. The quantitative estimate of drug-likeness (QED) is 0.374. The Hall–Kier alpha value is -1.93. The number of hydrazone groups is 1. The van der Waals surface area contributed by atoms with Crippen LogP contribution in [0.25, 0.3) is 0 Å². The Bertz CT molecular complexity index is 725. The summed E-state index contributed by atoms with van der Waals surface area (Å²) in [5, 5.41) is 10.6. The Morgan fingerprint density at radius 1 is 1.33 bits per heavy atom. The van der Waals surface area contributed by atoms with Gasteiger partial charge in [-0.2, -0.15) is 18.3 Å². The van der Waals surface area contributed by atoms with Gasteiger partial charge in [-0.3, -0.25) is 5.01 Å². The van der Waals surface area contributed by atoms with Crippen LogP contribution < -0.4 is 10.1 Å². The summed E-state index contributed by atoms with van der Waals surface area (Å²) in [6.45, 7) is 7.09. The van der Waals surface area contributed by atoms with Crippen LogP contribution in [0.4, 0.5) is 18.9 Å². The standard InChI is InChI=1S/C19H26F3N3OS/c1-5-14(3)8-7-9-15(4)25(24-18(6-2)19(20,21)22)16-10-12-17(13-11-16)27(23)26/h5,7-8,10-13,15H,6,9,23H2,1-4H3/b8-7-,14-5-,24-18+. The van der Waals surface area contributed by atoms with E-state index >= 15 is 0 Å². The van der Waals surface area contributed by atoms with Gasteiger partial charge < -0.3 is 0 Å². The van der Waals surface area contributed by atoms with Crippen LogP contribution in [0.5, 0.6) is 0 Å². The SMILES string of the molecule is C/C=C(C)\C=C/CC(C)N(/N=C(\CC)C(F)(F)F)c1ccc(S(N)=O)cc1. The van der Waals surface area contributed by atoms with Gasteiger partial charge in [-0.25, -0.2) is 9.35 Å². The summed E-state index contributed by atoms with van der Waals surface area (Å²) in [6, 6.07) is 5.89. The summed E-state index contributed by atoms with van der Waals surface area (Å²) >= 11 is 0. The van der Waals surface area contributed by atoms with Crippen molar-refractivity contribution in [2.45, 2.75) is 57.7 Å². The largest absolute Gasteiger partial charge is 0.431 e. The summed E-state index contributed by atoms with van der Waals surface area (Å²) in [4.78, 5) is 0.394. The molecule has 0 aliphatic rings. The van der Waals surface area contributed by atoms with E-state index in [0.29, 0.717) is 17.0 Å². The number of nitrogens with two attached hydrogens (primary N) is 1. The van der Waals surface area contributed by atoms with Crippen molar-refractivity contribution in [3.63, 3.8) is 0 Å². The lowest BCUT2D eigenvalue weighted by Crippen LogP contribution is -2.33. The highest BCUT2D eigenvalue weighted by Gasteiger charge is 2.35. The molecule has 150 valence electrons. The molecule has 0 saturated carbocycles. The summed E-state index contributed by atoms with van der Waals surface area (Å²) in [5.74, 6) is 0. The van der Waals surface area contributed by atoms with Gasteiger partial charge >= 0.3 is 6.18 Å². The van der Waals surface area contributed by atoms with Crippen molar-refractivity contribution in [1.82, 2.24) is 0 Å². The fourth-order valence-electron chi connectivity index (χ4n) is 2.25. The maximum Gasteiger partial charge on any atom is 0.431 e. The maximum absolute atomic E-state index is 13.2. The average molecular weight is 401 g/mol. The van der Waals surface area contributed by atoms with Crippen molar-refractivity contribution in [3.05, 3.63) is 48.1 Å². The second kappa shape index (κ2) is 10.4. The third kappa shape index (κ3) is 7.30. The van der Waals surface area contributed by atoms with E-state index < -0.39 is 22.9 Å². The van der Waals surface area contributed by atoms with Crippen LogP contribution in [0.3, 0.4) is 0 Å². The number of allylic oxidation sites excluding steroid dienone is 3. The second-order valence-corrected chi connectivity index (χ2v) is 7.12. The Balaban J connectivity index is 3.24. The molecule has 1 rings (SSSR count). The van der Waals surface area contributed by atoms with Crippen molar-refractivity contribution in [3.8, 4) is 0 Å². The third-order valence-corrected chi connectivity index (χ3v) is 4.69. The Kier molecular flexibility index (Phi) is 8.92. The molecule has 0 fully saturated rings. The molecule has 2 unspecified atom stereocenters. The van der Waals surface area contributed by atoms with Gasteiger partial charge in [0.2, 0.25) is 0 Å². The van der Waals surface area contributed by atoms with Crippen molar-refractivity contribution in [2.24, 2.45) is 10.2 Å². The topological polar surface area (TPSA) is 58.7 Å². The molecule has 4 nitrogen and oxygen atoms in total. The summed E-state index contributed by atoms with van der Waals surface area (Å²) in [7, 11) is -1.65. The van der Waals surface area contributed by atoms with E-state index in [9.17, 15) is 17.4 Å². The molecule has 0 aliphatic heterocycles. The smallest absolute Gasteiger partial charge is 0.262 e. The number of hydrogen-bond acceptors (Lipinski definition) is 3. The van der Waals surface area contributed by atoms with Gasteiger partial charge in [0.15, 0.2) is 0 Å². The highest BCUT2D eigenvalue weighted by Crippen LogP contribution is 2.25. The number of rotatable bonds is 8. The fraction of sp³-hybridized carbons (Fsp3) is 0.421. The predicted molar refractivity (Wildman–Crippen MR) is 106 cm³/mol. The highest BCUT2D eigenvalue weighted by atomic mass is 32.2. The minimum Gasteiger partial charge on any atom is -0.262 e. The molecule has 0 amide bonds. The van der Waals surface area contributed by atoms with Gasteiger partial charge in [-0.15, -0.1) is 0 Å². The van der Waals surface area contributed by atoms with Gasteiger partial charge in [0.05, 0.1) is 16.6 Å². The van der Waals surface area contributed by atoms with Crippen LogP contribution in [-0.2, 0) is 11.0 Å². The number of benzene rings is 1. The fourth-order valence-corrected chi connectivity index (χ4v) is 2.65. The second-order valence-electron chi connectivity index (χ2n) is 6.05. The van der Waals surface area contributed by atoms with Gasteiger partial charge in [0, 0.05) is 0 Å². The number of alkyl halides is 3. The molecule has 1 aromatic carbocycles. The van der Waals surface area contributed by atoms with E-state index in [-0.39, 0.29) is 12.5 Å². The van der Waals surface area contributed by atoms with E-state index in [0.717, 1.165) is 5.57 Å². The molecule has 0 spiro atoms. The van der Waals surface area contributed by atoms with Crippen molar-refractivity contribution < 1.29 is 17.4 Å². The van der Waals surface area contributed by atoms with E-state index in [4.69, 9.17) is 5.14 Å². The summed E-state index contributed by atoms with van der Waals surface area (Å²) < 4.78 is 50.9. The van der Waals surface area contributed by atoms with Gasteiger partial charge in [0.1, 0.15) is 16.7 Å². The van der Waals surface area contributed by atoms with E-state index in [1.807, 2.05) is 32.1 Å². The van der Waals surface area contributed by atoms with Gasteiger partial charge in [0.25, 0.3) is 0 Å². The first-order valence-electron chi connectivity index (χ1n) is 8.59. The molecule has 0 saturated heterocycles. The van der Waals surface area contributed by atoms with Crippen molar-refractivity contribution in [2.75, 3.05) is 5.01 Å². The molecular weight excluding hydrogens is 375 g/mol. The normalized spacial score (nSPS) is 15.9. The average Bonchev–Trinajstić information content (AvgIpc) is 2.61. The number of nitrogens with zero attached hydrogens (tertiary/aromatic N) is 2. The monoisotopic (exact) mass is 401 g/mol. The van der Waals surface area contributed by atoms with Gasteiger partial charge in [-0.05, 0) is 57.9 Å². The Labute approximate surface area is 161 Å². The van der Waals surface area contributed by atoms with Crippen molar-refractivity contribution >= 4 is 22.4 Å². The zero-order chi connectivity index (χ0) is 20.6. The molecule has 27 heavy (non-hydrogen) atoms. The number of halogens is 3. The lowest BCUT2D eigenvalue weighted by Gasteiger charge is -2.27. The van der Waals surface area contributed by atoms with Crippen LogP contribution >= 0.6 is 0 Å². The molecule has 0 radical (unpaired) electrons. The van der Waals surface area contributed by atoms with Crippen LogP contribution in [0.2, 0.25) is 0 Å². The molecule has 2 atom stereocenters. The van der Waals surface area contributed by atoms with Crippen molar-refractivity contribution in [1.29, 1.82) is 0 Å². The van der Waals surface area contributed by atoms with Crippen LogP contribution in [-0.4, -0.2) is 22.1 Å². The van der Waals surface area contributed by atoms with Crippen LogP contribution in [0.15, 0.2) is 58.1 Å². The first kappa shape index (κ1) is 23.1. The highest BCUT2D eigenvalue weighted by molar-refractivity contribution is 7.82.